The zero-order chi connectivity index (χ0) is 13.5. The Labute approximate surface area is 114 Å². The zero-order valence-corrected chi connectivity index (χ0v) is 11.8. The van der Waals surface area contributed by atoms with Gasteiger partial charge in [-0.3, -0.25) is 4.79 Å². The highest BCUT2D eigenvalue weighted by molar-refractivity contribution is 5.93. The van der Waals surface area contributed by atoms with Gasteiger partial charge in [-0.25, -0.2) is 4.98 Å². The largest absolute Gasteiger partial charge is 0.435 e. The topological polar surface area (TPSA) is 55.1 Å². The van der Waals surface area contributed by atoms with Crippen molar-refractivity contribution in [3.8, 4) is 0 Å². The third-order valence-corrected chi connectivity index (χ3v) is 4.84. The summed E-state index contributed by atoms with van der Waals surface area (Å²) in [4.78, 5) is 16.7. The highest BCUT2D eigenvalue weighted by Gasteiger charge is 2.47. The molecule has 0 saturated heterocycles. The summed E-state index contributed by atoms with van der Waals surface area (Å²) in [6.07, 6.45) is 8.03. The molecule has 1 aromatic rings. The van der Waals surface area contributed by atoms with Gasteiger partial charge in [-0.1, -0.05) is 13.3 Å². The van der Waals surface area contributed by atoms with Crippen LogP contribution in [0.3, 0.4) is 0 Å². The van der Waals surface area contributed by atoms with Crippen molar-refractivity contribution in [2.45, 2.75) is 64.3 Å². The Morgan fingerprint density at radius 3 is 2.58 bits per heavy atom. The van der Waals surface area contributed by atoms with Gasteiger partial charge in [-0.2, -0.15) is 0 Å². The molecular formula is C15H22N2O2. The minimum absolute atomic E-state index is 0.0565. The number of amides is 1. The molecule has 0 unspecified atom stereocenters. The lowest BCUT2D eigenvalue weighted by Crippen LogP contribution is -2.60. The number of nitrogens with zero attached hydrogens (tertiary/aromatic N) is 1. The Hall–Kier alpha value is -1.32. The maximum atomic E-state index is 12.4. The van der Waals surface area contributed by atoms with Crippen molar-refractivity contribution in [3.63, 3.8) is 0 Å². The Balaban J connectivity index is 1.74. The predicted molar refractivity (Wildman–Crippen MR) is 72.0 cm³/mol. The molecule has 1 N–H and O–H groups in total. The van der Waals surface area contributed by atoms with Crippen molar-refractivity contribution >= 4 is 5.91 Å². The molecule has 0 aromatic carbocycles. The molecule has 3 rings (SSSR count). The molecule has 2 saturated carbocycles. The molecule has 2 fully saturated rings. The van der Waals surface area contributed by atoms with Crippen LogP contribution in [-0.4, -0.2) is 16.4 Å². The van der Waals surface area contributed by atoms with Crippen LogP contribution in [0, 0.1) is 12.8 Å². The number of hydrogen-bond donors (Lipinski definition) is 1. The smallest absolute Gasteiger partial charge is 0.289 e. The van der Waals surface area contributed by atoms with Crippen LogP contribution in [0.5, 0.6) is 0 Å². The van der Waals surface area contributed by atoms with E-state index in [2.05, 4.69) is 10.3 Å². The van der Waals surface area contributed by atoms with Gasteiger partial charge in [0.05, 0.1) is 5.69 Å². The Morgan fingerprint density at radius 2 is 2.16 bits per heavy atom. The maximum Gasteiger partial charge on any atom is 0.289 e. The molecule has 1 heterocycles. The molecule has 19 heavy (non-hydrogen) atoms. The number of oxazole rings is 1. The predicted octanol–water partition coefficient (Wildman–Crippen LogP) is 3.00. The van der Waals surface area contributed by atoms with E-state index in [0.717, 1.165) is 19.3 Å². The summed E-state index contributed by atoms with van der Waals surface area (Å²) >= 11 is 0. The first-order chi connectivity index (χ1) is 9.14. The standard InChI is InChI=1S/C15H22N2O2/c1-3-12-16-10(2)13(19-12)14(18)17-15(8-5-9-15)11-6-4-7-11/h11H,3-9H2,1-2H3,(H,17,18). The lowest BCUT2D eigenvalue weighted by atomic mass is 9.61. The number of carbonyl (C=O) groups excluding carboxylic acids is 1. The van der Waals surface area contributed by atoms with E-state index >= 15 is 0 Å². The molecule has 0 aliphatic heterocycles. The van der Waals surface area contributed by atoms with Gasteiger partial charge in [0.1, 0.15) is 0 Å². The van der Waals surface area contributed by atoms with Crippen molar-refractivity contribution in [2.24, 2.45) is 5.92 Å². The van der Waals surface area contributed by atoms with Gasteiger partial charge in [-0.15, -0.1) is 0 Å². The van der Waals surface area contributed by atoms with E-state index in [4.69, 9.17) is 4.42 Å². The molecule has 1 aromatic heterocycles. The second-order valence-electron chi connectivity index (χ2n) is 5.97. The number of hydrogen-bond acceptors (Lipinski definition) is 3. The first-order valence-electron chi connectivity index (χ1n) is 7.43. The second-order valence-corrected chi connectivity index (χ2v) is 5.97. The fourth-order valence-corrected chi connectivity index (χ4v) is 3.25. The molecular weight excluding hydrogens is 240 g/mol. The minimum Gasteiger partial charge on any atom is -0.435 e. The highest BCUT2D eigenvalue weighted by Crippen LogP contribution is 2.47. The average molecular weight is 262 g/mol. The molecule has 0 bridgehead atoms. The van der Waals surface area contributed by atoms with Gasteiger partial charge in [0.2, 0.25) is 5.76 Å². The van der Waals surface area contributed by atoms with Crippen LogP contribution in [0.15, 0.2) is 4.42 Å². The Bertz CT molecular complexity index is 484. The minimum atomic E-state index is -0.0729. The van der Waals surface area contributed by atoms with Gasteiger partial charge >= 0.3 is 0 Å². The summed E-state index contributed by atoms with van der Waals surface area (Å²) in [5, 5.41) is 3.25. The maximum absolute atomic E-state index is 12.4. The SMILES string of the molecule is CCc1nc(C)c(C(=O)NC2(C3CCC3)CCC2)o1. The molecule has 0 atom stereocenters. The Morgan fingerprint density at radius 1 is 1.42 bits per heavy atom. The normalized spacial score (nSPS) is 21.6. The second kappa shape index (κ2) is 4.66. The van der Waals surface area contributed by atoms with Crippen LogP contribution in [0.1, 0.15) is 67.6 Å². The molecule has 0 spiro atoms. The third-order valence-electron chi connectivity index (χ3n) is 4.84. The van der Waals surface area contributed by atoms with Crippen molar-refractivity contribution in [3.05, 3.63) is 17.3 Å². The zero-order valence-electron chi connectivity index (χ0n) is 11.8. The first kappa shape index (κ1) is 12.7. The number of aryl methyl sites for hydroxylation is 2. The molecule has 4 nitrogen and oxygen atoms in total. The van der Waals surface area contributed by atoms with E-state index in [-0.39, 0.29) is 11.4 Å². The summed E-state index contributed by atoms with van der Waals surface area (Å²) in [5.74, 6) is 1.66. The van der Waals surface area contributed by atoms with Gasteiger partial charge in [0, 0.05) is 12.0 Å². The summed E-state index contributed by atoms with van der Waals surface area (Å²) in [6.45, 7) is 3.82. The van der Waals surface area contributed by atoms with E-state index < -0.39 is 0 Å². The third kappa shape index (κ3) is 2.07. The fourth-order valence-electron chi connectivity index (χ4n) is 3.25. The van der Waals surface area contributed by atoms with Gasteiger partial charge in [0.15, 0.2) is 5.89 Å². The number of carbonyl (C=O) groups is 1. The summed E-state index contributed by atoms with van der Waals surface area (Å²) in [6, 6.07) is 0. The summed E-state index contributed by atoms with van der Waals surface area (Å²) in [5.41, 5.74) is 0.762. The number of nitrogens with one attached hydrogen (secondary N) is 1. The van der Waals surface area contributed by atoms with Crippen LogP contribution in [0.25, 0.3) is 0 Å². The lowest BCUT2D eigenvalue weighted by Gasteiger charge is -2.51. The van der Waals surface area contributed by atoms with Crippen LogP contribution < -0.4 is 5.32 Å². The van der Waals surface area contributed by atoms with Crippen LogP contribution in [0.2, 0.25) is 0 Å². The quantitative estimate of drug-likeness (QED) is 0.907. The highest BCUT2D eigenvalue weighted by atomic mass is 16.4. The molecule has 1 amide bonds. The van der Waals surface area contributed by atoms with Crippen LogP contribution in [0.4, 0.5) is 0 Å². The summed E-state index contributed by atoms with van der Waals surface area (Å²) < 4.78 is 5.55. The number of rotatable bonds is 4. The van der Waals surface area contributed by atoms with E-state index in [0.29, 0.717) is 23.3 Å². The molecule has 104 valence electrons. The number of aromatic nitrogens is 1. The fraction of sp³-hybridized carbons (Fsp3) is 0.733. The van der Waals surface area contributed by atoms with Gasteiger partial charge < -0.3 is 9.73 Å². The van der Waals surface area contributed by atoms with Crippen molar-refractivity contribution < 1.29 is 9.21 Å². The van der Waals surface area contributed by atoms with Crippen LogP contribution >= 0.6 is 0 Å². The Kier molecular flexibility index (Phi) is 3.11. The van der Waals surface area contributed by atoms with Gasteiger partial charge in [-0.05, 0) is 44.9 Å². The molecule has 4 heteroatoms. The van der Waals surface area contributed by atoms with E-state index in [1.165, 1.54) is 25.7 Å². The van der Waals surface area contributed by atoms with E-state index in [1.807, 2.05) is 13.8 Å². The van der Waals surface area contributed by atoms with E-state index in [9.17, 15) is 4.79 Å². The molecule has 2 aliphatic carbocycles. The van der Waals surface area contributed by atoms with Crippen molar-refractivity contribution in [1.82, 2.24) is 10.3 Å². The van der Waals surface area contributed by atoms with Crippen LogP contribution in [-0.2, 0) is 6.42 Å². The monoisotopic (exact) mass is 262 g/mol. The first-order valence-corrected chi connectivity index (χ1v) is 7.43. The van der Waals surface area contributed by atoms with Gasteiger partial charge in [0.25, 0.3) is 5.91 Å². The van der Waals surface area contributed by atoms with E-state index in [1.54, 1.807) is 0 Å². The molecule has 0 radical (unpaired) electrons. The molecule has 2 aliphatic rings. The van der Waals surface area contributed by atoms with Crippen molar-refractivity contribution in [1.29, 1.82) is 0 Å². The van der Waals surface area contributed by atoms with Crippen molar-refractivity contribution in [2.75, 3.05) is 0 Å². The summed E-state index contributed by atoms with van der Waals surface area (Å²) in [7, 11) is 0. The lowest BCUT2D eigenvalue weighted by molar-refractivity contribution is 0.0412. The average Bonchev–Trinajstić information content (AvgIpc) is 2.65.